The number of nitrogens with zero attached hydrogens (tertiary/aromatic N) is 3. The zero-order valence-electron chi connectivity index (χ0n) is 10.0. The lowest BCUT2D eigenvalue weighted by molar-refractivity contribution is 0.318. The smallest absolute Gasteiger partial charge is 0.221 e. The first-order chi connectivity index (χ1) is 7.59. The van der Waals surface area contributed by atoms with Crippen molar-refractivity contribution in [3.8, 4) is 5.88 Å². The van der Waals surface area contributed by atoms with E-state index in [1.165, 1.54) is 6.33 Å². The van der Waals surface area contributed by atoms with Gasteiger partial charge in [-0.05, 0) is 13.3 Å². The fourth-order valence-corrected chi connectivity index (χ4v) is 2.04. The lowest BCUT2D eigenvalue weighted by Gasteiger charge is -2.48. The highest BCUT2D eigenvalue weighted by atomic mass is 16.5. The molecule has 2 heterocycles. The van der Waals surface area contributed by atoms with Gasteiger partial charge in [-0.3, -0.25) is 0 Å². The van der Waals surface area contributed by atoms with Gasteiger partial charge in [-0.25, -0.2) is 9.97 Å². The van der Waals surface area contributed by atoms with Gasteiger partial charge in [-0.15, -0.1) is 0 Å². The summed E-state index contributed by atoms with van der Waals surface area (Å²) in [5.74, 6) is 1.57. The van der Waals surface area contributed by atoms with E-state index >= 15 is 0 Å². The minimum atomic E-state index is -0.0510. The van der Waals surface area contributed by atoms with Crippen LogP contribution < -0.4 is 15.4 Å². The van der Waals surface area contributed by atoms with Crippen LogP contribution in [0.15, 0.2) is 6.33 Å². The lowest BCUT2D eigenvalue weighted by atomic mass is 9.88. The first-order valence-electron chi connectivity index (χ1n) is 5.49. The third-order valence-electron chi connectivity index (χ3n) is 3.22. The number of hydrogen-bond donors (Lipinski definition) is 1. The highest BCUT2D eigenvalue weighted by molar-refractivity contribution is 5.53. The van der Waals surface area contributed by atoms with Gasteiger partial charge in [0.2, 0.25) is 5.88 Å². The van der Waals surface area contributed by atoms with E-state index in [1.807, 2.05) is 6.92 Å². The summed E-state index contributed by atoms with van der Waals surface area (Å²) in [6.45, 7) is 5.79. The van der Waals surface area contributed by atoms with Crippen molar-refractivity contribution in [2.45, 2.75) is 25.8 Å². The minimum Gasteiger partial charge on any atom is -0.481 e. The van der Waals surface area contributed by atoms with Crippen LogP contribution in [-0.4, -0.2) is 35.7 Å². The summed E-state index contributed by atoms with van der Waals surface area (Å²) in [6.07, 6.45) is 2.52. The molecule has 1 aliphatic rings. The molecule has 0 radical (unpaired) electrons. The van der Waals surface area contributed by atoms with Gasteiger partial charge in [0, 0.05) is 13.1 Å². The van der Waals surface area contributed by atoms with Gasteiger partial charge in [0.05, 0.1) is 18.2 Å². The molecule has 0 amide bonds. The Balaban J connectivity index is 2.18. The number of nitrogens with two attached hydrogens (primary N) is 1. The van der Waals surface area contributed by atoms with Gasteiger partial charge in [0.1, 0.15) is 12.1 Å². The third kappa shape index (κ3) is 1.71. The molecule has 0 saturated carbocycles. The number of anilines is 1. The molecular weight excluding hydrogens is 204 g/mol. The summed E-state index contributed by atoms with van der Waals surface area (Å²) in [7, 11) is 1.62. The Morgan fingerprint density at radius 3 is 2.75 bits per heavy atom. The average molecular weight is 222 g/mol. The second-order valence-corrected chi connectivity index (χ2v) is 4.40. The molecule has 1 aromatic rings. The summed E-state index contributed by atoms with van der Waals surface area (Å²) in [6, 6.07) is 0. The van der Waals surface area contributed by atoms with E-state index < -0.39 is 0 Å². The number of rotatable bonds is 3. The van der Waals surface area contributed by atoms with Crippen molar-refractivity contribution in [3.63, 3.8) is 0 Å². The SMILES string of the molecule is CCC1(N)CN(c2ncnc(OC)c2C)C1. The standard InChI is InChI=1S/C11H18N4O/c1-4-11(12)5-15(6-11)9-8(2)10(16-3)14-7-13-9/h7H,4-6,12H2,1-3H3. The van der Waals surface area contributed by atoms with Crippen LogP contribution in [0.25, 0.3) is 0 Å². The van der Waals surface area contributed by atoms with Crippen LogP contribution in [0.1, 0.15) is 18.9 Å². The summed E-state index contributed by atoms with van der Waals surface area (Å²) < 4.78 is 5.17. The topological polar surface area (TPSA) is 64.3 Å². The number of aromatic nitrogens is 2. The Morgan fingerprint density at radius 1 is 1.50 bits per heavy atom. The molecule has 88 valence electrons. The number of methoxy groups -OCH3 is 1. The molecule has 0 spiro atoms. The molecule has 0 unspecified atom stereocenters. The molecule has 5 heteroatoms. The maximum absolute atomic E-state index is 6.13. The van der Waals surface area contributed by atoms with Crippen LogP contribution in [0.5, 0.6) is 5.88 Å². The van der Waals surface area contributed by atoms with Crippen LogP contribution >= 0.6 is 0 Å². The molecule has 0 atom stereocenters. The van der Waals surface area contributed by atoms with Crippen LogP contribution in [0.2, 0.25) is 0 Å². The van der Waals surface area contributed by atoms with E-state index in [0.717, 1.165) is 30.9 Å². The Hall–Kier alpha value is -1.36. The fourth-order valence-electron chi connectivity index (χ4n) is 2.04. The Labute approximate surface area is 95.6 Å². The fraction of sp³-hybridized carbons (Fsp3) is 0.636. The van der Waals surface area contributed by atoms with Gasteiger partial charge >= 0.3 is 0 Å². The monoisotopic (exact) mass is 222 g/mol. The second kappa shape index (κ2) is 3.90. The van der Waals surface area contributed by atoms with Crippen LogP contribution in [0.4, 0.5) is 5.82 Å². The quantitative estimate of drug-likeness (QED) is 0.816. The third-order valence-corrected chi connectivity index (χ3v) is 3.22. The summed E-state index contributed by atoms with van der Waals surface area (Å²) in [4.78, 5) is 10.5. The van der Waals surface area contributed by atoms with E-state index in [-0.39, 0.29) is 5.54 Å². The van der Waals surface area contributed by atoms with Crippen molar-refractivity contribution in [2.75, 3.05) is 25.1 Å². The van der Waals surface area contributed by atoms with E-state index in [0.29, 0.717) is 5.88 Å². The average Bonchev–Trinajstić information content (AvgIpc) is 2.25. The Morgan fingerprint density at radius 2 is 2.19 bits per heavy atom. The highest BCUT2D eigenvalue weighted by Crippen LogP contribution is 2.31. The molecule has 0 aliphatic carbocycles. The lowest BCUT2D eigenvalue weighted by Crippen LogP contribution is -2.67. The van der Waals surface area contributed by atoms with Crippen LogP contribution in [-0.2, 0) is 0 Å². The van der Waals surface area contributed by atoms with Gasteiger partial charge in [-0.2, -0.15) is 0 Å². The van der Waals surface area contributed by atoms with Crippen LogP contribution in [0.3, 0.4) is 0 Å². The molecule has 16 heavy (non-hydrogen) atoms. The van der Waals surface area contributed by atoms with Crippen LogP contribution in [0, 0.1) is 6.92 Å². The zero-order valence-corrected chi connectivity index (χ0v) is 10.0. The van der Waals surface area contributed by atoms with Crippen molar-refractivity contribution >= 4 is 5.82 Å². The van der Waals surface area contributed by atoms with Crippen molar-refractivity contribution in [1.82, 2.24) is 9.97 Å². The maximum atomic E-state index is 6.13. The highest BCUT2D eigenvalue weighted by Gasteiger charge is 2.39. The first kappa shape index (κ1) is 11.1. The molecular formula is C11H18N4O. The van der Waals surface area contributed by atoms with Gasteiger partial charge < -0.3 is 15.4 Å². The molecule has 0 bridgehead atoms. The number of ether oxygens (including phenoxy) is 1. The minimum absolute atomic E-state index is 0.0510. The van der Waals surface area contributed by atoms with Crippen molar-refractivity contribution in [3.05, 3.63) is 11.9 Å². The summed E-state index contributed by atoms with van der Waals surface area (Å²) in [5.41, 5.74) is 7.06. The molecule has 1 aromatic heterocycles. The van der Waals surface area contributed by atoms with E-state index in [2.05, 4.69) is 21.8 Å². The zero-order chi connectivity index (χ0) is 11.8. The van der Waals surface area contributed by atoms with E-state index in [9.17, 15) is 0 Å². The molecule has 2 rings (SSSR count). The van der Waals surface area contributed by atoms with Crippen molar-refractivity contribution < 1.29 is 4.74 Å². The predicted octanol–water partition coefficient (Wildman–Crippen LogP) is 0.721. The summed E-state index contributed by atoms with van der Waals surface area (Å²) >= 11 is 0. The predicted molar refractivity (Wildman–Crippen MR) is 62.7 cm³/mol. The molecule has 1 fully saturated rings. The molecule has 5 nitrogen and oxygen atoms in total. The van der Waals surface area contributed by atoms with Crippen molar-refractivity contribution in [2.24, 2.45) is 5.73 Å². The van der Waals surface area contributed by atoms with Gasteiger partial charge in [-0.1, -0.05) is 6.92 Å². The van der Waals surface area contributed by atoms with Crippen molar-refractivity contribution in [1.29, 1.82) is 0 Å². The Bertz CT molecular complexity index is 388. The molecule has 1 saturated heterocycles. The number of hydrogen-bond acceptors (Lipinski definition) is 5. The van der Waals surface area contributed by atoms with Gasteiger partial charge in [0.25, 0.3) is 0 Å². The first-order valence-corrected chi connectivity index (χ1v) is 5.49. The molecule has 2 N–H and O–H groups in total. The normalized spacial score (nSPS) is 18.1. The second-order valence-electron chi connectivity index (χ2n) is 4.40. The van der Waals surface area contributed by atoms with E-state index in [4.69, 9.17) is 10.5 Å². The van der Waals surface area contributed by atoms with Gasteiger partial charge in [0.15, 0.2) is 0 Å². The summed E-state index contributed by atoms with van der Waals surface area (Å²) in [5, 5.41) is 0. The maximum Gasteiger partial charge on any atom is 0.221 e. The Kier molecular flexibility index (Phi) is 2.71. The molecule has 1 aliphatic heterocycles. The van der Waals surface area contributed by atoms with E-state index in [1.54, 1.807) is 7.11 Å². The largest absolute Gasteiger partial charge is 0.481 e. The molecule has 0 aromatic carbocycles.